The fraction of sp³-hybridized carbons (Fsp3) is 0.914. The maximum Gasteiger partial charge on any atom is 0.306 e. The number of rotatable bonds is 53. The number of allylic oxidation sites excluding steroid dienone is 2. The maximum absolute atomic E-state index is 12.7. The highest BCUT2D eigenvalue weighted by Gasteiger charge is 2.19. The van der Waals surface area contributed by atoms with E-state index in [9.17, 15) is 14.4 Å². The first kappa shape index (κ1) is 62.1. The second kappa shape index (κ2) is 53.8. The third-order valence-electron chi connectivity index (χ3n) is 13.0. The van der Waals surface area contributed by atoms with Crippen molar-refractivity contribution < 1.29 is 28.6 Å². The first-order chi connectivity index (χ1) is 31.5. The summed E-state index contributed by atoms with van der Waals surface area (Å²) in [6.45, 7) is 6.52. The number of unbranched alkanes of at least 4 members (excludes halogenated alkanes) is 40. The molecule has 6 nitrogen and oxygen atoms in total. The van der Waals surface area contributed by atoms with Gasteiger partial charge in [-0.15, -0.1) is 0 Å². The van der Waals surface area contributed by atoms with Gasteiger partial charge in [0.25, 0.3) is 0 Å². The molecule has 0 amide bonds. The monoisotopic (exact) mass is 903 g/mol. The second-order valence-corrected chi connectivity index (χ2v) is 19.6. The molecule has 0 spiro atoms. The van der Waals surface area contributed by atoms with Crippen LogP contribution >= 0.6 is 0 Å². The molecule has 0 aromatic carbocycles. The molecular weight excluding hydrogens is 793 g/mol. The van der Waals surface area contributed by atoms with Gasteiger partial charge in [-0.05, 0) is 38.5 Å². The Balaban J connectivity index is 3.81. The van der Waals surface area contributed by atoms with E-state index >= 15 is 0 Å². The minimum atomic E-state index is -0.765. The average molecular weight is 904 g/mol. The van der Waals surface area contributed by atoms with Gasteiger partial charge in [0, 0.05) is 19.3 Å². The quantitative estimate of drug-likeness (QED) is 0.0262. The van der Waals surface area contributed by atoms with Crippen LogP contribution in [0.5, 0.6) is 0 Å². The van der Waals surface area contributed by atoms with Crippen LogP contribution in [-0.2, 0) is 28.6 Å². The van der Waals surface area contributed by atoms with Crippen molar-refractivity contribution in [2.24, 2.45) is 0 Å². The zero-order valence-electron chi connectivity index (χ0n) is 43.3. The van der Waals surface area contributed by atoms with Crippen LogP contribution in [0.3, 0.4) is 0 Å². The van der Waals surface area contributed by atoms with Gasteiger partial charge in [0.05, 0.1) is 0 Å². The summed E-state index contributed by atoms with van der Waals surface area (Å²) in [4.78, 5) is 37.6. The lowest BCUT2D eigenvalue weighted by molar-refractivity contribution is -0.167. The summed E-state index contributed by atoms with van der Waals surface area (Å²) < 4.78 is 16.6. The Morgan fingerprint density at radius 1 is 0.297 bits per heavy atom. The van der Waals surface area contributed by atoms with E-state index in [2.05, 4.69) is 32.9 Å². The predicted octanol–water partition coefficient (Wildman–Crippen LogP) is 18.9. The predicted molar refractivity (Wildman–Crippen MR) is 275 cm³/mol. The van der Waals surface area contributed by atoms with Crippen LogP contribution in [-0.4, -0.2) is 37.2 Å². The zero-order valence-corrected chi connectivity index (χ0v) is 43.3. The molecule has 0 aliphatic heterocycles. The van der Waals surface area contributed by atoms with Crippen molar-refractivity contribution in [2.45, 2.75) is 329 Å². The van der Waals surface area contributed by atoms with Crippen LogP contribution in [0.4, 0.5) is 0 Å². The molecule has 1 atom stereocenters. The Labute approximate surface area is 399 Å². The Morgan fingerprint density at radius 2 is 0.547 bits per heavy atom. The van der Waals surface area contributed by atoms with Gasteiger partial charge < -0.3 is 14.2 Å². The first-order valence-electron chi connectivity index (χ1n) is 28.7. The smallest absolute Gasteiger partial charge is 0.306 e. The minimum absolute atomic E-state index is 0.0699. The van der Waals surface area contributed by atoms with Gasteiger partial charge in [0.2, 0.25) is 0 Å². The number of ether oxygens (including phenoxy) is 3. The van der Waals surface area contributed by atoms with Gasteiger partial charge in [-0.3, -0.25) is 14.4 Å². The van der Waals surface area contributed by atoms with Crippen molar-refractivity contribution in [2.75, 3.05) is 13.2 Å². The Kier molecular flexibility index (Phi) is 52.2. The highest BCUT2D eigenvalue weighted by Crippen LogP contribution is 2.18. The maximum atomic E-state index is 12.7. The van der Waals surface area contributed by atoms with Gasteiger partial charge in [-0.25, -0.2) is 0 Å². The van der Waals surface area contributed by atoms with Crippen LogP contribution in [0, 0.1) is 0 Å². The third kappa shape index (κ3) is 51.1. The Bertz CT molecular complexity index is 993. The first-order valence-corrected chi connectivity index (χ1v) is 28.7. The molecule has 0 bridgehead atoms. The lowest BCUT2D eigenvalue weighted by Crippen LogP contribution is -2.30. The van der Waals surface area contributed by atoms with E-state index in [1.807, 2.05) is 0 Å². The highest BCUT2D eigenvalue weighted by molar-refractivity contribution is 5.71. The summed E-state index contributed by atoms with van der Waals surface area (Å²) in [6, 6.07) is 0. The fourth-order valence-corrected chi connectivity index (χ4v) is 8.68. The second-order valence-electron chi connectivity index (χ2n) is 19.6. The molecule has 0 fully saturated rings. The molecule has 0 aromatic rings. The van der Waals surface area contributed by atoms with Crippen LogP contribution in [0.2, 0.25) is 0 Å². The largest absolute Gasteiger partial charge is 0.462 e. The highest BCUT2D eigenvalue weighted by atomic mass is 16.6. The van der Waals surface area contributed by atoms with Crippen molar-refractivity contribution in [3.05, 3.63) is 12.2 Å². The molecular formula is C58H110O6. The SMILES string of the molecule is CCC/C=C\CCCCCCCC(=O)OC(COC(=O)CCCCCCC)COC(=O)CCCCCCCCCCCCCCCCCCCCCCCCCCCCCCCCC. The molecule has 0 aliphatic carbocycles. The van der Waals surface area contributed by atoms with Crippen molar-refractivity contribution in [1.29, 1.82) is 0 Å². The lowest BCUT2D eigenvalue weighted by atomic mass is 10.0. The minimum Gasteiger partial charge on any atom is -0.462 e. The van der Waals surface area contributed by atoms with E-state index < -0.39 is 6.10 Å². The van der Waals surface area contributed by atoms with Crippen LogP contribution in [0.25, 0.3) is 0 Å². The molecule has 0 heterocycles. The number of carbonyl (C=O) groups is 3. The van der Waals surface area contributed by atoms with Crippen LogP contribution < -0.4 is 0 Å². The molecule has 1 unspecified atom stereocenters. The summed E-state index contributed by atoms with van der Waals surface area (Å²) in [7, 11) is 0. The van der Waals surface area contributed by atoms with Gasteiger partial charge >= 0.3 is 17.9 Å². The van der Waals surface area contributed by atoms with Crippen LogP contribution in [0.1, 0.15) is 323 Å². The molecule has 0 rings (SSSR count). The summed E-state index contributed by atoms with van der Waals surface area (Å²) in [5.74, 6) is -0.881. The molecule has 0 N–H and O–H groups in total. The summed E-state index contributed by atoms with van der Waals surface area (Å²) in [5.41, 5.74) is 0. The Hall–Kier alpha value is -1.85. The Morgan fingerprint density at radius 3 is 0.844 bits per heavy atom. The molecule has 64 heavy (non-hydrogen) atoms. The van der Waals surface area contributed by atoms with E-state index in [1.165, 1.54) is 199 Å². The van der Waals surface area contributed by atoms with Gasteiger partial charge in [0.15, 0.2) is 6.10 Å². The molecule has 6 heteroatoms. The zero-order chi connectivity index (χ0) is 46.5. The summed E-state index contributed by atoms with van der Waals surface area (Å²) in [6.07, 6.45) is 61.5. The molecule has 378 valence electrons. The van der Waals surface area contributed by atoms with Crippen molar-refractivity contribution in [3.8, 4) is 0 Å². The lowest BCUT2D eigenvalue weighted by Gasteiger charge is -2.18. The van der Waals surface area contributed by atoms with Gasteiger partial charge in [-0.1, -0.05) is 277 Å². The third-order valence-corrected chi connectivity index (χ3v) is 13.0. The standard InChI is InChI=1S/C58H110O6/c1-4-7-10-13-15-17-19-20-21-22-23-24-25-26-27-28-29-30-31-32-33-34-35-36-37-38-39-41-42-45-48-51-57(60)63-54-55(53-62-56(59)50-47-44-12-9-6-3)64-58(61)52-49-46-43-40-18-16-14-11-8-5-2/h11,14,55H,4-10,12-13,15-54H2,1-3H3/b14-11-. The number of esters is 3. The normalized spacial score (nSPS) is 12.0. The van der Waals surface area contributed by atoms with E-state index in [-0.39, 0.29) is 31.1 Å². The number of hydrogen-bond donors (Lipinski definition) is 0. The molecule has 0 saturated heterocycles. The van der Waals surface area contributed by atoms with Crippen molar-refractivity contribution in [3.63, 3.8) is 0 Å². The molecule has 0 aromatic heterocycles. The van der Waals surface area contributed by atoms with E-state index in [0.717, 1.165) is 83.5 Å². The van der Waals surface area contributed by atoms with E-state index in [4.69, 9.17) is 14.2 Å². The number of carbonyl (C=O) groups excluding carboxylic acids is 3. The number of hydrogen-bond acceptors (Lipinski definition) is 6. The molecule has 0 radical (unpaired) electrons. The van der Waals surface area contributed by atoms with Crippen LogP contribution in [0.15, 0.2) is 12.2 Å². The summed E-state index contributed by atoms with van der Waals surface area (Å²) >= 11 is 0. The van der Waals surface area contributed by atoms with E-state index in [1.54, 1.807) is 0 Å². The topological polar surface area (TPSA) is 78.9 Å². The van der Waals surface area contributed by atoms with Crippen molar-refractivity contribution in [1.82, 2.24) is 0 Å². The summed E-state index contributed by atoms with van der Waals surface area (Å²) in [5, 5.41) is 0. The molecule has 0 aliphatic rings. The van der Waals surface area contributed by atoms with Crippen molar-refractivity contribution >= 4 is 17.9 Å². The fourth-order valence-electron chi connectivity index (χ4n) is 8.68. The van der Waals surface area contributed by atoms with Gasteiger partial charge in [-0.2, -0.15) is 0 Å². The average Bonchev–Trinajstić information content (AvgIpc) is 3.29. The van der Waals surface area contributed by atoms with E-state index in [0.29, 0.717) is 19.3 Å². The van der Waals surface area contributed by atoms with Gasteiger partial charge in [0.1, 0.15) is 13.2 Å². The molecule has 0 saturated carbocycles.